The van der Waals surface area contributed by atoms with Crippen molar-refractivity contribution >= 4 is 21.7 Å². The monoisotopic (exact) mass is 448 g/mol. The molecule has 1 aromatic heterocycles. The Hall–Kier alpha value is -3.91. The van der Waals surface area contributed by atoms with Gasteiger partial charge in [0, 0.05) is 11.3 Å². The second kappa shape index (κ2) is 9.07. The lowest BCUT2D eigenvalue weighted by Crippen LogP contribution is -2.13. The maximum atomic E-state index is 12.6. The van der Waals surface area contributed by atoms with Crippen LogP contribution in [0.4, 0.5) is 5.69 Å². The number of hydrogen-bond acceptors (Lipinski definition) is 6. The molecule has 0 bridgehead atoms. The SMILES string of the molecule is Cc1ccc(NS(=O)(=O)c2ccc(C(=O)OCc3coc(-c4ccccc4)n3)cc2)cc1. The lowest BCUT2D eigenvalue weighted by atomic mass is 10.2. The molecule has 0 unspecified atom stereocenters. The van der Waals surface area contributed by atoms with Gasteiger partial charge in [0.25, 0.3) is 10.0 Å². The Labute approximate surface area is 185 Å². The number of rotatable bonds is 7. The van der Waals surface area contributed by atoms with Crippen LogP contribution in [0.2, 0.25) is 0 Å². The van der Waals surface area contributed by atoms with Crippen LogP contribution in [-0.2, 0) is 21.4 Å². The molecule has 0 aliphatic heterocycles. The van der Waals surface area contributed by atoms with Gasteiger partial charge in [-0.25, -0.2) is 18.2 Å². The fraction of sp³-hybridized carbons (Fsp3) is 0.0833. The lowest BCUT2D eigenvalue weighted by Gasteiger charge is -2.09. The van der Waals surface area contributed by atoms with Gasteiger partial charge in [-0.15, -0.1) is 0 Å². The molecule has 0 aliphatic rings. The number of carbonyl (C=O) groups is 1. The smallest absolute Gasteiger partial charge is 0.338 e. The van der Waals surface area contributed by atoms with Gasteiger partial charge in [-0.2, -0.15) is 0 Å². The number of oxazole rings is 1. The molecule has 0 aliphatic carbocycles. The second-order valence-electron chi connectivity index (χ2n) is 7.08. The molecule has 0 radical (unpaired) electrons. The first-order chi connectivity index (χ1) is 15.4. The number of sulfonamides is 1. The molecule has 0 amide bonds. The molecular formula is C24H20N2O5S. The number of ether oxygens (including phenoxy) is 1. The Morgan fingerprint density at radius 2 is 1.66 bits per heavy atom. The molecule has 1 N–H and O–H groups in total. The average molecular weight is 449 g/mol. The van der Waals surface area contributed by atoms with E-state index in [9.17, 15) is 13.2 Å². The van der Waals surface area contributed by atoms with Gasteiger partial charge in [0.15, 0.2) is 0 Å². The molecular weight excluding hydrogens is 428 g/mol. The zero-order valence-corrected chi connectivity index (χ0v) is 18.0. The molecule has 162 valence electrons. The molecule has 0 atom stereocenters. The molecule has 0 saturated carbocycles. The Morgan fingerprint density at radius 1 is 0.969 bits per heavy atom. The van der Waals surface area contributed by atoms with Crippen LogP contribution in [0.25, 0.3) is 11.5 Å². The highest BCUT2D eigenvalue weighted by Gasteiger charge is 2.16. The summed E-state index contributed by atoms with van der Waals surface area (Å²) < 4.78 is 38.3. The van der Waals surface area contributed by atoms with Crippen molar-refractivity contribution in [3.63, 3.8) is 0 Å². The number of benzene rings is 3. The number of nitrogens with zero attached hydrogens (tertiary/aromatic N) is 1. The fourth-order valence-corrected chi connectivity index (χ4v) is 3.97. The van der Waals surface area contributed by atoms with Gasteiger partial charge in [-0.05, 0) is 55.5 Å². The normalized spacial score (nSPS) is 11.2. The number of aryl methyl sites for hydroxylation is 1. The third-order valence-corrected chi connectivity index (χ3v) is 6.02. The van der Waals surface area contributed by atoms with E-state index >= 15 is 0 Å². The van der Waals surface area contributed by atoms with Crippen molar-refractivity contribution in [2.24, 2.45) is 0 Å². The Balaban J connectivity index is 1.38. The van der Waals surface area contributed by atoms with E-state index < -0.39 is 16.0 Å². The summed E-state index contributed by atoms with van der Waals surface area (Å²) in [6.07, 6.45) is 1.43. The van der Waals surface area contributed by atoms with Crippen molar-refractivity contribution < 1.29 is 22.4 Å². The minimum absolute atomic E-state index is 0.0404. The summed E-state index contributed by atoms with van der Waals surface area (Å²) >= 11 is 0. The zero-order chi connectivity index (χ0) is 22.6. The van der Waals surface area contributed by atoms with Crippen molar-refractivity contribution in [3.05, 3.63) is 102 Å². The van der Waals surface area contributed by atoms with E-state index in [4.69, 9.17) is 9.15 Å². The van der Waals surface area contributed by atoms with Gasteiger partial charge in [-0.1, -0.05) is 35.9 Å². The van der Waals surface area contributed by atoms with Crippen molar-refractivity contribution in [3.8, 4) is 11.5 Å². The summed E-state index contributed by atoms with van der Waals surface area (Å²) in [4.78, 5) is 16.7. The Morgan fingerprint density at radius 3 is 2.34 bits per heavy atom. The number of hydrogen-bond donors (Lipinski definition) is 1. The molecule has 8 heteroatoms. The number of nitrogens with one attached hydrogen (secondary N) is 1. The van der Waals surface area contributed by atoms with E-state index in [1.807, 2.05) is 49.4 Å². The first-order valence-electron chi connectivity index (χ1n) is 9.77. The van der Waals surface area contributed by atoms with Gasteiger partial charge in [0.2, 0.25) is 5.89 Å². The number of carbonyl (C=O) groups excluding carboxylic acids is 1. The predicted molar refractivity (Wildman–Crippen MR) is 119 cm³/mol. The Kier molecular flexibility index (Phi) is 6.04. The summed E-state index contributed by atoms with van der Waals surface area (Å²) in [6.45, 7) is 1.85. The highest BCUT2D eigenvalue weighted by Crippen LogP contribution is 2.20. The first-order valence-corrected chi connectivity index (χ1v) is 11.3. The second-order valence-corrected chi connectivity index (χ2v) is 8.76. The minimum atomic E-state index is -3.77. The van der Waals surface area contributed by atoms with Crippen LogP contribution in [0.3, 0.4) is 0 Å². The molecule has 32 heavy (non-hydrogen) atoms. The fourth-order valence-electron chi connectivity index (χ4n) is 2.92. The number of aromatic nitrogens is 1. The third kappa shape index (κ3) is 5.04. The van der Waals surface area contributed by atoms with Crippen LogP contribution in [0.1, 0.15) is 21.6 Å². The molecule has 3 aromatic carbocycles. The zero-order valence-electron chi connectivity index (χ0n) is 17.2. The predicted octanol–water partition coefficient (Wildman–Crippen LogP) is 4.81. The van der Waals surface area contributed by atoms with E-state index in [1.54, 1.807) is 12.1 Å². The van der Waals surface area contributed by atoms with Gasteiger partial charge in [-0.3, -0.25) is 4.72 Å². The van der Waals surface area contributed by atoms with E-state index in [0.717, 1.165) is 11.1 Å². The van der Waals surface area contributed by atoms with Crippen LogP contribution in [0, 0.1) is 6.92 Å². The van der Waals surface area contributed by atoms with Crippen molar-refractivity contribution in [2.75, 3.05) is 4.72 Å². The van der Waals surface area contributed by atoms with E-state index in [0.29, 0.717) is 17.3 Å². The quantitative estimate of drug-likeness (QED) is 0.408. The third-order valence-electron chi connectivity index (χ3n) is 4.63. The van der Waals surface area contributed by atoms with Crippen LogP contribution < -0.4 is 4.72 Å². The van der Waals surface area contributed by atoms with E-state index in [-0.39, 0.29) is 17.1 Å². The molecule has 0 fully saturated rings. The van der Waals surface area contributed by atoms with Crippen LogP contribution in [0.5, 0.6) is 0 Å². The summed E-state index contributed by atoms with van der Waals surface area (Å²) in [7, 11) is -3.77. The summed E-state index contributed by atoms with van der Waals surface area (Å²) in [6, 6.07) is 21.9. The molecule has 1 heterocycles. The van der Waals surface area contributed by atoms with Gasteiger partial charge >= 0.3 is 5.97 Å². The lowest BCUT2D eigenvalue weighted by molar-refractivity contribution is 0.0467. The van der Waals surface area contributed by atoms with Crippen molar-refractivity contribution in [1.82, 2.24) is 4.98 Å². The minimum Gasteiger partial charge on any atom is -0.455 e. The van der Waals surface area contributed by atoms with Gasteiger partial charge in [0.1, 0.15) is 18.6 Å². The van der Waals surface area contributed by atoms with Gasteiger partial charge < -0.3 is 9.15 Å². The highest BCUT2D eigenvalue weighted by molar-refractivity contribution is 7.92. The van der Waals surface area contributed by atoms with Crippen LogP contribution >= 0.6 is 0 Å². The van der Waals surface area contributed by atoms with Crippen molar-refractivity contribution in [2.45, 2.75) is 18.4 Å². The number of esters is 1. The number of anilines is 1. The standard InChI is InChI=1S/C24H20N2O5S/c1-17-7-11-20(12-8-17)26-32(28,29)22-13-9-19(10-14-22)24(27)31-16-21-15-30-23(25-21)18-5-3-2-4-6-18/h2-15,26H,16H2,1H3. The van der Waals surface area contributed by atoms with Gasteiger partial charge in [0.05, 0.1) is 10.5 Å². The average Bonchev–Trinajstić information content (AvgIpc) is 3.29. The molecule has 7 nitrogen and oxygen atoms in total. The van der Waals surface area contributed by atoms with E-state index in [2.05, 4.69) is 9.71 Å². The molecule has 4 rings (SSSR count). The Bertz CT molecular complexity index is 1310. The molecule has 0 saturated heterocycles. The highest BCUT2D eigenvalue weighted by atomic mass is 32.2. The largest absolute Gasteiger partial charge is 0.455 e. The maximum Gasteiger partial charge on any atom is 0.338 e. The summed E-state index contributed by atoms with van der Waals surface area (Å²) in [5.74, 6) is -0.156. The molecule has 4 aromatic rings. The molecule has 0 spiro atoms. The van der Waals surface area contributed by atoms with Crippen molar-refractivity contribution in [1.29, 1.82) is 0 Å². The summed E-state index contributed by atoms with van der Waals surface area (Å²) in [5, 5.41) is 0. The van der Waals surface area contributed by atoms with Crippen LogP contribution in [-0.4, -0.2) is 19.4 Å². The van der Waals surface area contributed by atoms with Crippen LogP contribution in [0.15, 0.2) is 94.4 Å². The topological polar surface area (TPSA) is 98.5 Å². The maximum absolute atomic E-state index is 12.6. The first kappa shape index (κ1) is 21.3. The summed E-state index contributed by atoms with van der Waals surface area (Å²) in [5.41, 5.74) is 3.00. The van der Waals surface area contributed by atoms with E-state index in [1.165, 1.54) is 30.5 Å².